The molecule has 0 saturated carbocycles. The number of aliphatic hydroxyl groups excluding tert-OH is 3. The normalized spacial score (nSPS) is 24.7. The molecule has 1 aliphatic heterocycles. The number of rotatable bonds is 5. The Morgan fingerprint density at radius 1 is 1.21 bits per heavy atom. The van der Waals surface area contributed by atoms with Crippen LogP contribution in [0, 0.1) is 5.82 Å². The lowest BCUT2D eigenvalue weighted by molar-refractivity contribution is -0.0511. The first-order valence-electron chi connectivity index (χ1n) is 8.59. The molecule has 0 spiro atoms. The van der Waals surface area contributed by atoms with Crippen LogP contribution in [0.2, 0.25) is 0 Å². The van der Waals surface area contributed by atoms with Gasteiger partial charge in [0.2, 0.25) is 5.95 Å². The minimum atomic E-state index is -1.29. The number of benzene rings is 1. The largest absolute Gasteiger partial charge is 0.394 e. The van der Waals surface area contributed by atoms with Crippen LogP contribution in [0.15, 0.2) is 30.6 Å². The van der Waals surface area contributed by atoms with Crippen molar-refractivity contribution in [2.24, 2.45) is 0 Å². The molecule has 3 heterocycles. The number of nitrogens with one attached hydrogen (secondary N) is 1. The summed E-state index contributed by atoms with van der Waals surface area (Å²) in [7, 11) is 0. The number of hydrogen-bond donors (Lipinski definition) is 5. The van der Waals surface area contributed by atoms with E-state index in [2.05, 4.69) is 20.3 Å². The Bertz CT molecular complexity index is 999. The van der Waals surface area contributed by atoms with Crippen molar-refractivity contribution in [1.82, 2.24) is 19.5 Å². The van der Waals surface area contributed by atoms with Gasteiger partial charge in [0.05, 0.1) is 12.9 Å². The van der Waals surface area contributed by atoms with Crippen molar-refractivity contribution >= 4 is 22.9 Å². The molecule has 0 unspecified atom stereocenters. The van der Waals surface area contributed by atoms with Gasteiger partial charge in [-0.05, 0) is 6.07 Å². The molecule has 3 aromatic rings. The SMILES string of the molecule is Nc1nc(NCc2ccccc2F)c2ncn([C@@H]3O[C@H](CO)[C@H](O)[C@@H]3O)c2n1. The standard InChI is InChI=1S/C17H19FN6O4/c18-9-4-2-1-3-8(9)5-20-14-11-15(23-17(19)22-14)24(7-21-11)16-13(27)12(26)10(6-25)28-16/h1-4,7,10,12-13,16,25-27H,5-6H2,(H3,19,20,22,23)/t10-,12+,13+,16-/m1/s1. The minimum absolute atomic E-state index is 0.0583. The Hall–Kier alpha value is -2.86. The molecule has 6 N–H and O–H groups in total. The number of aromatic nitrogens is 4. The quantitative estimate of drug-likeness (QED) is 0.398. The summed E-state index contributed by atoms with van der Waals surface area (Å²) >= 11 is 0. The van der Waals surface area contributed by atoms with Crippen LogP contribution < -0.4 is 11.1 Å². The molecule has 0 aliphatic carbocycles. The van der Waals surface area contributed by atoms with Crippen molar-refractivity contribution in [2.75, 3.05) is 17.7 Å². The number of ether oxygens (including phenoxy) is 1. The molecule has 0 amide bonds. The van der Waals surface area contributed by atoms with Crippen molar-refractivity contribution in [3.05, 3.63) is 42.0 Å². The van der Waals surface area contributed by atoms with Crippen molar-refractivity contribution < 1.29 is 24.4 Å². The number of anilines is 2. The Morgan fingerprint density at radius 2 is 2.00 bits per heavy atom. The molecule has 1 aromatic carbocycles. The lowest BCUT2D eigenvalue weighted by Crippen LogP contribution is -2.33. The van der Waals surface area contributed by atoms with E-state index in [9.17, 15) is 19.7 Å². The molecule has 0 bridgehead atoms. The molecule has 148 valence electrons. The van der Waals surface area contributed by atoms with E-state index < -0.39 is 31.1 Å². The smallest absolute Gasteiger partial charge is 0.224 e. The Morgan fingerprint density at radius 3 is 2.71 bits per heavy atom. The predicted octanol–water partition coefficient (Wildman–Crippen LogP) is -0.229. The number of hydrogen-bond acceptors (Lipinski definition) is 9. The average molecular weight is 390 g/mol. The van der Waals surface area contributed by atoms with Crippen LogP contribution in [0.4, 0.5) is 16.2 Å². The van der Waals surface area contributed by atoms with Gasteiger partial charge in [0.1, 0.15) is 24.1 Å². The van der Waals surface area contributed by atoms with E-state index in [4.69, 9.17) is 10.5 Å². The van der Waals surface area contributed by atoms with Gasteiger partial charge in [-0.3, -0.25) is 4.57 Å². The summed E-state index contributed by atoms with van der Waals surface area (Å²) in [4.78, 5) is 12.5. The monoisotopic (exact) mass is 390 g/mol. The molecule has 1 aliphatic rings. The number of nitrogen functional groups attached to an aromatic ring is 1. The summed E-state index contributed by atoms with van der Waals surface area (Å²) in [6.07, 6.45) is -3.13. The number of fused-ring (bicyclic) bond motifs is 1. The first-order chi connectivity index (χ1) is 13.5. The lowest BCUT2D eigenvalue weighted by Gasteiger charge is -2.16. The second-order valence-corrected chi connectivity index (χ2v) is 6.43. The molecule has 1 fully saturated rings. The zero-order chi connectivity index (χ0) is 19.8. The molecule has 28 heavy (non-hydrogen) atoms. The van der Waals surface area contributed by atoms with Gasteiger partial charge in [0, 0.05) is 12.1 Å². The van der Waals surface area contributed by atoms with E-state index in [-0.39, 0.29) is 29.8 Å². The number of nitrogens with zero attached hydrogens (tertiary/aromatic N) is 4. The summed E-state index contributed by atoms with van der Waals surface area (Å²) in [5, 5.41) is 32.5. The van der Waals surface area contributed by atoms with Crippen molar-refractivity contribution in [3.8, 4) is 0 Å². The highest BCUT2D eigenvalue weighted by molar-refractivity contribution is 5.84. The maximum atomic E-state index is 13.8. The summed E-state index contributed by atoms with van der Waals surface area (Å²) in [5.41, 5.74) is 6.83. The van der Waals surface area contributed by atoms with E-state index in [1.54, 1.807) is 18.2 Å². The van der Waals surface area contributed by atoms with Gasteiger partial charge in [-0.1, -0.05) is 18.2 Å². The third-order valence-corrected chi connectivity index (χ3v) is 4.63. The van der Waals surface area contributed by atoms with Crippen LogP contribution in [0.5, 0.6) is 0 Å². The van der Waals surface area contributed by atoms with E-state index in [0.717, 1.165) is 0 Å². The van der Waals surface area contributed by atoms with Crippen molar-refractivity contribution in [1.29, 1.82) is 0 Å². The van der Waals surface area contributed by atoms with Gasteiger partial charge < -0.3 is 31.1 Å². The van der Waals surface area contributed by atoms with Crippen LogP contribution >= 0.6 is 0 Å². The molecule has 4 atom stereocenters. The summed E-state index contributed by atoms with van der Waals surface area (Å²) in [6, 6.07) is 6.32. The summed E-state index contributed by atoms with van der Waals surface area (Å²) < 4.78 is 20.8. The molecule has 4 rings (SSSR count). The molecular weight excluding hydrogens is 371 g/mol. The summed E-state index contributed by atoms with van der Waals surface area (Å²) in [6.45, 7) is -0.299. The van der Waals surface area contributed by atoms with Crippen molar-refractivity contribution in [2.45, 2.75) is 31.1 Å². The fourth-order valence-corrected chi connectivity index (χ4v) is 3.17. The maximum Gasteiger partial charge on any atom is 0.224 e. The lowest BCUT2D eigenvalue weighted by atomic mass is 10.1. The van der Waals surface area contributed by atoms with E-state index in [0.29, 0.717) is 11.1 Å². The molecule has 2 aromatic heterocycles. The number of aliphatic hydroxyl groups is 3. The first kappa shape index (κ1) is 18.5. The first-order valence-corrected chi connectivity index (χ1v) is 8.59. The third-order valence-electron chi connectivity index (χ3n) is 4.63. The zero-order valence-corrected chi connectivity index (χ0v) is 14.6. The topological polar surface area (TPSA) is 152 Å². The van der Waals surface area contributed by atoms with Gasteiger partial charge in [0.25, 0.3) is 0 Å². The van der Waals surface area contributed by atoms with Crippen LogP contribution in [0.3, 0.4) is 0 Å². The van der Waals surface area contributed by atoms with Crippen molar-refractivity contribution in [3.63, 3.8) is 0 Å². The maximum absolute atomic E-state index is 13.8. The second-order valence-electron chi connectivity index (χ2n) is 6.43. The van der Waals surface area contributed by atoms with Gasteiger partial charge in [0.15, 0.2) is 23.2 Å². The van der Waals surface area contributed by atoms with Gasteiger partial charge in [-0.15, -0.1) is 0 Å². The van der Waals surface area contributed by atoms with Gasteiger partial charge >= 0.3 is 0 Å². The Balaban J connectivity index is 1.66. The Kier molecular flexibility index (Phi) is 4.81. The molecule has 10 nitrogen and oxygen atoms in total. The highest BCUT2D eigenvalue weighted by Gasteiger charge is 2.44. The highest BCUT2D eigenvalue weighted by atomic mass is 19.1. The van der Waals surface area contributed by atoms with E-state index in [1.807, 2.05) is 0 Å². The van der Waals surface area contributed by atoms with Gasteiger partial charge in [-0.2, -0.15) is 9.97 Å². The number of halogens is 1. The minimum Gasteiger partial charge on any atom is -0.394 e. The van der Waals surface area contributed by atoms with Crippen LogP contribution in [-0.4, -0.2) is 59.8 Å². The molecular formula is C17H19FN6O4. The number of imidazole rings is 1. The molecule has 11 heteroatoms. The van der Waals surface area contributed by atoms with E-state index in [1.165, 1.54) is 17.0 Å². The average Bonchev–Trinajstić information content (AvgIpc) is 3.22. The third kappa shape index (κ3) is 3.14. The fraction of sp³-hybridized carbons (Fsp3) is 0.353. The van der Waals surface area contributed by atoms with E-state index >= 15 is 0 Å². The fourth-order valence-electron chi connectivity index (χ4n) is 3.17. The zero-order valence-electron chi connectivity index (χ0n) is 14.6. The van der Waals surface area contributed by atoms with Gasteiger partial charge in [-0.25, -0.2) is 9.37 Å². The molecule has 0 radical (unpaired) electrons. The van der Waals surface area contributed by atoms with Crippen LogP contribution in [-0.2, 0) is 11.3 Å². The second kappa shape index (κ2) is 7.28. The molecule has 1 saturated heterocycles. The number of nitrogens with two attached hydrogens (primary N) is 1. The Labute approximate surface area is 158 Å². The van der Waals surface area contributed by atoms with Crippen LogP contribution in [0.25, 0.3) is 11.2 Å². The summed E-state index contributed by atoms with van der Waals surface area (Å²) in [5.74, 6) is -0.126. The predicted molar refractivity (Wildman–Crippen MR) is 96.5 cm³/mol. The highest BCUT2D eigenvalue weighted by Crippen LogP contribution is 2.32. The van der Waals surface area contributed by atoms with Crippen LogP contribution in [0.1, 0.15) is 11.8 Å².